The highest BCUT2D eigenvalue weighted by Crippen LogP contribution is 2.14. The summed E-state index contributed by atoms with van der Waals surface area (Å²) in [6.45, 7) is 6.22. The SMILES string of the molecule is Cl.Cl.O=C(CC1COCCN1)NCc1cccc(CN2CCCCCC2)c1. The summed E-state index contributed by atoms with van der Waals surface area (Å²) in [5, 5.41) is 6.36. The molecule has 2 aliphatic rings. The van der Waals surface area contributed by atoms with E-state index < -0.39 is 0 Å². The first-order chi connectivity index (χ1) is 12.3. The van der Waals surface area contributed by atoms with Crippen LogP contribution in [0.1, 0.15) is 43.2 Å². The molecular formula is C20H33Cl2N3O2. The molecule has 1 aromatic carbocycles. The molecule has 27 heavy (non-hydrogen) atoms. The van der Waals surface area contributed by atoms with Crippen molar-refractivity contribution in [2.75, 3.05) is 32.8 Å². The maximum absolute atomic E-state index is 12.1. The molecule has 0 aliphatic carbocycles. The quantitative estimate of drug-likeness (QED) is 0.746. The third-order valence-corrected chi connectivity index (χ3v) is 5.02. The minimum atomic E-state index is 0. The molecule has 2 fully saturated rings. The number of hydrogen-bond acceptors (Lipinski definition) is 4. The molecule has 154 valence electrons. The number of halogens is 2. The molecule has 0 aromatic heterocycles. The van der Waals surface area contributed by atoms with Gasteiger partial charge in [-0.25, -0.2) is 0 Å². The molecule has 2 heterocycles. The van der Waals surface area contributed by atoms with Crippen LogP contribution < -0.4 is 10.6 Å². The molecule has 0 radical (unpaired) electrons. The predicted molar refractivity (Wildman–Crippen MR) is 114 cm³/mol. The zero-order valence-electron chi connectivity index (χ0n) is 16.0. The fourth-order valence-electron chi connectivity index (χ4n) is 3.64. The summed E-state index contributed by atoms with van der Waals surface area (Å²) in [6.07, 6.45) is 5.84. The molecule has 2 saturated heterocycles. The molecule has 3 rings (SSSR count). The molecule has 1 amide bonds. The molecule has 1 atom stereocenters. The van der Waals surface area contributed by atoms with Crippen molar-refractivity contribution < 1.29 is 9.53 Å². The topological polar surface area (TPSA) is 53.6 Å². The number of likely N-dealkylation sites (tertiary alicyclic amines) is 1. The monoisotopic (exact) mass is 417 g/mol. The van der Waals surface area contributed by atoms with Gasteiger partial charge in [0.05, 0.1) is 13.2 Å². The highest BCUT2D eigenvalue weighted by atomic mass is 35.5. The number of morpholine rings is 1. The zero-order chi connectivity index (χ0) is 17.3. The van der Waals surface area contributed by atoms with Gasteiger partial charge in [0, 0.05) is 32.1 Å². The van der Waals surface area contributed by atoms with Crippen LogP contribution in [0.2, 0.25) is 0 Å². The summed E-state index contributed by atoms with van der Waals surface area (Å²) in [6, 6.07) is 8.76. The summed E-state index contributed by atoms with van der Waals surface area (Å²) in [5.41, 5.74) is 2.52. The van der Waals surface area contributed by atoms with Gasteiger partial charge < -0.3 is 15.4 Å². The van der Waals surface area contributed by atoms with E-state index in [0.717, 1.165) is 19.7 Å². The first-order valence-corrected chi connectivity index (χ1v) is 9.67. The molecule has 0 saturated carbocycles. The Bertz CT molecular complexity index is 546. The lowest BCUT2D eigenvalue weighted by atomic mass is 10.1. The number of hydrogen-bond donors (Lipinski definition) is 2. The van der Waals surface area contributed by atoms with Gasteiger partial charge in [-0.3, -0.25) is 9.69 Å². The van der Waals surface area contributed by atoms with Gasteiger partial charge in [0.15, 0.2) is 0 Å². The smallest absolute Gasteiger partial charge is 0.221 e. The van der Waals surface area contributed by atoms with Gasteiger partial charge in [-0.1, -0.05) is 37.1 Å². The number of nitrogens with zero attached hydrogens (tertiary/aromatic N) is 1. The molecule has 1 aromatic rings. The van der Waals surface area contributed by atoms with E-state index in [1.165, 1.54) is 49.9 Å². The fourth-order valence-corrected chi connectivity index (χ4v) is 3.64. The van der Waals surface area contributed by atoms with Crippen LogP contribution in [0.15, 0.2) is 24.3 Å². The Hall–Kier alpha value is -0.850. The van der Waals surface area contributed by atoms with E-state index in [-0.39, 0.29) is 36.8 Å². The molecule has 2 N–H and O–H groups in total. The third kappa shape index (κ3) is 8.79. The number of nitrogens with one attached hydrogen (secondary N) is 2. The van der Waals surface area contributed by atoms with Crippen molar-refractivity contribution in [3.05, 3.63) is 35.4 Å². The Labute approximate surface area is 175 Å². The van der Waals surface area contributed by atoms with Gasteiger partial charge in [0.2, 0.25) is 5.91 Å². The Morgan fingerprint density at radius 3 is 2.59 bits per heavy atom. The van der Waals surface area contributed by atoms with Gasteiger partial charge in [0.1, 0.15) is 0 Å². The minimum Gasteiger partial charge on any atom is -0.378 e. The van der Waals surface area contributed by atoms with Gasteiger partial charge in [0.25, 0.3) is 0 Å². The van der Waals surface area contributed by atoms with Crippen molar-refractivity contribution in [1.29, 1.82) is 0 Å². The number of ether oxygens (including phenoxy) is 1. The van der Waals surface area contributed by atoms with Gasteiger partial charge in [-0.15, -0.1) is 24.8 Å². The second kappa shape index (κ2) is 13.3. The van der Waals surface area contributed by atoms with Crippen LogP contribution in [0.3, 0.4) is 0 Å². The van der Waals surface area contributed by atoms with Crippen molar-refractivity contribution >= 4 is 30.7 Å². The van der Waals surface area contributed by atoms with E-state index in [2.05, 4.69) is 39.8 Å². The van der Waals surface area contributed by atoms with Crippen LogP contribution in [0, 0.1) is 0 Å². The maximum Gasteiger partial charge on any atom is 0.221 e. The van der Waals surface area contributed by atoms with Crippen LogP contribution in [0.25, 0.3) is 0 Å². The van der Waals surface area contributed by atoms with E-state index in [4.69, 9.17) is 4.74 Å². The van der Waals surface area contributed by atoms with Crippen LogP contribution in [-0.4, -0.2) is 49.7 Å². The normalized spacial score (nSPS) is 20.7. The third-order valence-electron chi connectivity index (χ3n) is 5.02. The van der Waals surface area contributed by atoms with Gasteiger partial charge in [-0.2, -0.15) is 0 Å². The zero-order valence-corrected chi connectivity index (χ0v) is 17.6. The second-order valence-corrected chi connectivity index (χ2v) is 7.22. The average molecular weight is 418 g/mol. The summed E-state index contributed by atoms with van der Waals surface area (Å²) in [7, 11) is 0. The predicted octanol–water partition coefficient (Wildman–Crippen LogP) is 2.90. The number of amides is 1. The number of rotatable bonds is 6. The largest absolute Gasteiger partial charge is 0.378 e. The Morgan fingerprint density at radius 2 is 1.89 bits per heavy atom. The molecule has 7 heteroatoms. The first-order valence-electron chi connectivity index (χ1n) is 9.67. The van der Waals surface area contributed by atoms with Crippen molar-refractivity contribution in [3.63, 3.8) is 0 Å². The van der Waals surface area contributed by atoms with Crippen LogP contribution >= 0.6 is 24.8 Å². The van der Waals surface area contributed by atoms with E-state index in [9.17, 15) is 4.79 Å². The van der Waals surface area contributed by atoms with E-state index in [1.807, 2.05) is 0 Å². The lowest BCUT2D eigenvalue weighted by molar-refractivity contribution is -0.122. The van der Waals surface area contributed by atoms with Gasteiger partial charge in [-0.05, 0) is 37.1 Å². The summed E-state index contributed by atoms with van der Waals surface area (Å²) in [5.74, 6) is 0.0842. The molecule has 1 unspecified atom stereocenters. The Morgan fingerprint density at radius 1 is 1.15 bits per heavy atom. The minimum absolute atomic E-state index is 0. The van der Waals surface area contributed by atoms with Gasteiger partial charge >= 0.3 is 0 Å². The van der Waals surface area contributed by atoms with E-state index in [1.54, 1.807) is 0 Å². The Kier molecular flexibility index (Phi) is 12.0. The van der Waals surface area contributed by atoms with Crippen molar-refractivity contribution in [3.8, 4) is 0 Å². The number of carbonyl (C=O) groups is 1. The molecule has 2 aliphatic heterocycles. The molecular weight excluding hydrogens is 385 g/mol. The Balaban J connectivity index is 0.00000182. The number of benzene rings is 1. The van der Waals surface area contributed by atoms with Crippen molar-refractivity contribution in [2.45, 2.75) is 51.2 Å². The lowest BCUT2D eigenvalue weighted by Gasteiger charge is -2.23. The summed E-state index contributed by atoms with van der Waals surface area (Å²) >= 11 is 0. The maximum atomic E-state index is 12.1. The molecule has 0 bridgehead atoms. The highest BCUT2D eigenvalue weighted by molar-refractivity contribution is 5.85. The fraction of sp³-hybridized carbons (Fsp3) is 0.650. The average Bonchev–Trinajstić information content (AvgIpc) is 2.90. The molecule has 0 spiro atoms. The van der Waals surface area contributed by atoms with E-state index in [0.29, 0.717) is 19.6 Å². The standard InChI is InChI=1S/C20H31N3O2.2ClH/c24-20(13-19-16-25-11-8-21-19)22-14-17-6-5-7-18(12-17)15-23-9-3-1-2-4-10-23;;/h5-7,12,19,21H,1-4,8-11,13-16H2,(H,22,24);2*1H. The van der Waals surface area contributed by atoms with Crippen molar-refractivity contribution in [2.24, 2.45) is 0 Å². The highest BCUT2D eigenvalue weighted by Gasteiger charge is 2.16. The van der Waals surface area contributed by atoms with Crippen molar-refractivity contribution in [1.82, 2.24) is 15.5 Å². The second-order valence-electron chi connectivity index (χ2n) is 7.22. The molecule has 5 nitrogen and oxygen atoms in total. The number of carbonyl (C=O) groups excluding carboxylic acids is 1. The summed E-state index contributed by atoms with van der Waals surface area (Å²) in [4.78, 5) is 14.7. The van der Waals surface area contributed by atoms with Crippen LogP contribution in [0.4, 0.5) is 0 Å². The van der Waals surface area contributed by atoms with Crippen LogP contribution in [0.5, 0.6) is 0 Å². The van der Waals surface area contributed by atoms with Crippen LogP contribution in [-0.2, 0) is 22.6 Å². The summed E-state index contributed by atoms with van der Waals surface area (Å²) < 4.78 is 5.40. The van der Waals surface area contributed by atoms with E-state index >= 15 is 0 Å². The lowest BCUT2D eigenvalue weighted by Crippen LogP contribution is -2.44. The first kappa shape index (κ1) is 24.2.